The molecule has 0 saturated carbocycles. The van der Waals surface area contributed by atoms with Crippen molar-refractivity contribution in [2.24, 2.45) is 0 Å². The highest BCUT2D eigenvalue weighted by Gasteiger charge is 2.26. The summed E-state index contributed by atoms with van der Waals surface area (Å²) in [5.41, 5.74) is 1.69. The number of amides is 2. The third-order valence-electron chi connectivity index (χ3n) is 4.17. The molecular weight excluding hydrogens is 362 g/mol. The molecule has 0 saturated heterocycles. The average molecular weight is 383 g/mol. The van der Waals surface area contributed by atoms with Crippen molar-refractivity contribution in [3.63, 3.8) is 0 Å². The highest BCUT2D eigenvalue weighted by Crippen LogP contribution is 2.26. The minimum atomic E-state index is -0.263. The van der Waals surface area contributed by atoms with E-state index >= 15 is 0 Å². The molecule has 0 fully saturated rings. The summed E-state index contributed by atoms with van der Waals surface area (Å²) in [5.74, 6) is -0.0216. The van der Waals surface area contributed by atoms with Crippen molar-refractivity contribution in [1.82, 2.24) is 15.4 Å². The Morgan fingerprint density at radius 2 is 1.96 bits per heavy atom. The molecule has 6 nitrogen and oxygen atoms in total. The average Bonchev–Trinajstić information content (AvgIpc) is 3.34. The number of hydrogen-bond acceptors (Lipinski definition) is 5. The van der Waals surface area contributed by atoms with E-state index in [0.29, 0.717) is 30.1 Å². The predicted octanol–water partition coefficient (Wildman–Crippen LogP) is 3.49. The van der Waals surface area contributed by atoms with Crippen molar-refractivity contribution < 1.29 is 14.1 Å². The zero-order valence-electron chi connectivity index (χ0n) is 15.3. The maximum atomic E-state index is 13.1. The van der Waals surface area contributed by atoms with Crippen LogP contribution in [0, 0.1) is 6.92 Å². The van der Waals surface area contributed by atoms with Crippen LogP contribution in [-0.4, -0.2) is 35.0 Å². The molecule has 2 heterocycles. The number of rotatable bonds is 7. The molecule has 140 valence electrons. The molecule has 1 N–H and O–H groups in total. The van der Waals surface area contributed by atoms with Crippen molar-refractivity contribution in [1.29, 1.82) is 0 Å². The Balaban J connectivity index is 1.73. The summed E-state index contributed by atoms with van der Waals surface area (Å²) in [7, 11) is 0. The van der Waals surface area contributed by atoms with Gasteiger partial charge in [0.25, 0.3) is 5.91 Å². The maximum Gasteiger partial charge on any atom is 0.260 e. The van der Waals surface area contributed by atoms with E-state index in [1.807, 2.05) is 54.8 Å². The number of nitrogens with one attached hydrogen (secondary N) is 1. The van der Waals surface area contributed by atoms with Crippen LogP contribution in [0.25, 0.3) is 11.3 Å². The molecule has 0 atom stereocenters. The lowest BCUT2D eigenvalue weighted by molar-refractivity contribution is -0.121. The Morgan fingerprint density at radius 1 is 1.19 bits per heavy atom. The first kappa shape index (κ1) is 18.8. The van der Waals surface area contributed by atoms with Gasteiger partial charge in [0, 0.05) is 17.0 Å². The minimum absolute atomic E-state index is 0.0143. The Kier molecular flexibility index (Phi) is 6.03. The molecule has 1 aromatic carbocycles. The van der Waals surface area contributed by atoms with Gasteiger partial charge in [-0.05, 0) is 25.3 Å². The second-order valence-electron chi connectivity index (χ2n) is 6.00. The van der Waals surface area contributed by atoms with Crippen molar-refractivity contribution >= 4 is 23.2 Å². The van der Waals surface area contributed by atoms with Crippen molar-refractivity contribution in [2.75, 3.05) is 13.1 Å². The Labute approximate surface area is 161 Å². The van der Waals surface area contributed by atoms with Crippen molar-refractivity contribution in [3.05, 3.63) is 64.0 Å². The van der Waals surface area contributed by atoms with Crippen LogP contribution in [0.1, 0.15) is 27.9 Å². The fraction of sp³-hybridized carbons (Fsp3) is 0.250. The van der Waals surface area contributed by atoms with Crippen LogP contribution in [0.4, 0.5) is 0 Å². The molecule has 3 aromatic rings. The standard InChI is InChI=1S/C20H21N3O3S/c1-3-23(13-17(24)21-12-16-10-7-11-27-16)20(25)18-14(2)26-22-19(18)15-8-5-4-6-9-15/h4-11H,3,12-13H2,1-2H3,(H,21,24). The second kappa shape index (κ2) is 8.64. The summed E-state index contributed by atoms with van der Waals surface area (Å²) in [6.07, 6.45) is 0. The largest absolute Gasteiger partial charge is 0.360 e. The molecule has 0 unspecified atom stereocenters. The van der Waals surface area contributed by atoms with Crippen LogP contribution in [-0.2, 0) is 11.3 Å². The molecule has 7 heteroatoms. The summed E-state index contributed by atoms with van der Waals surface area (Å²) in [6.45, 7) is 4.40. The lowest BCUT2D eigenvalue weighted by atomic mass is 10.1. The van der Waals surface area contributed by atoms with E-state index in [1.54, 1.807) is 18.3 Å². The summed E-state index contributed by atoms with van der Waals surface area (Å²) in [4.78, 5) is 27.9. The topological polar surface area (TPSA) is 75.4 Å². The Morgan fingerprint density at radius 3 is 2.63 bits per heavy atom. The first-order chi connectivity index (χ1) is 13.1. The molecule has 0 aliphatic heterocycles. The van der Waals surface area contributed by atoms with E-state index in [4.69, 9.17) is 4.52 Å². The van der Waals surface area contributed by atoms with Crippen LogP contribution < -0.4 is 5.32 Å². The van der Waals surface area contributed by atoms with Gasteiger partial charge in [-0.2, -0.15) is 0 Å². The normalized spacial score (nSPS) is 10.6. The van der Waals surface area contributed by atoms with Gasteiger partial charge in [0.15, 0.2) is 0 Å². The van der Waals surface area contributed by atoms with E-state index in [2.05, 4.69) is 10.5 Å². The third kappa shape index (κ3) is 4.43. The molecule has 0 aliphatic carbocycles. The minimum Gasteiger partial charge on any atom is -0.360 e. The van der Waals surface area contributed by atoms with Crippen molar-refractivity contribution in [2.45, 2.75) is 20.4 Å². The van der Waals surface area contributed by atoms with E-state index < -0.39 is 0 Å². The zero-order chi connectivity index (χ0) is 19.2. The number of carbonyl (C=O) groups excluding carboxylic acids is 2. The third-order valence-corrected chi connectivity index (χ3v) is 5.04. The highest BCUT2D eigenvalue weighted by atomic mass is 32.1. The molecular formula is C20H21N3O3S. The highest BCUT2D eigenvalue weighted by molar-refractivity contribution is 7.09. The number of likely N-dealkylation sites (N-methyl/N-ethyl adjacent to an activating group) is 1. The van der Waals surface area contributed by atoms with Crippen LogP contribution in [0.5, 0.6) is 0 Å². The summed E-state index contributed by atoms with van der Waals surface area (Å²) >= 11 is 1.58. The summed E-state index contributed by atoms with van der Waals surface area (Å²) < 4.78 is 5.27. The van der Waals surface area contributed by atoms with Gasteiger partial charge in [-0.15, -0.1) is 11.3 Å². The predicted molar refractivity (Wildman–Crippen MR) is 104 cm³/mol. The molecule has 0 spiro atoms. The van der Waals surface area contributed by atoms with Gasteiger partial charge in [-0.1, -0.05) is 41.6 Å². The van der Waals surface area contributed by atoms with Crippen LogP contribution in [0.2, 0.25) is 0 Å². The Bertz CT molecular complexity index is 904. The SMILES string of the molecule is CCN(CC(=O)NCc1cccs1)C(=O)c1c(-c2ccccc2)noc1C. The number of thiophene rings is 1. The lowest BCUT2D eigenvalue weighted by Gasteiger charge is -2.20. The number of benzene rings is 1. The number of hydrogen-bond donors (Lipinski definition) is 1. The van der Waals surface area contributed by atoms with Gasteiger partial charge in [-0.3, -0.25) is 9.59 Å². The molecule has 3 rings (SSSR count). The molecule has 0 bridgehead atoms. The van der Waals surface area contributed by atoms with E-state index in [1.165, 1.54) is 4.90 Å². The number of nitrogens with zero attached hydrogens (tertiary/aromatic N) is 2. The molecule has 2 amide bonds. The summed E-state index contributed by atoms with van der Waals surface area (Å²) in [5, 5.41) is 8.86. The maximum absolute atomic E-state index is 13.1. The first-order valence-corrected chi connectivity index (χ1v) is 9.58. The van der Waals surface area contributed by atoms with Crippen LogP contribution >= 0.6 is 11.3 Å². The fourth-order valence-corrected chi connectivity index (χ4v) is 3.38. The quantitative estimate of drug-likeness (QED) is 0.678. The molecule has 0 radical (unpaired) electrons. The van der Waals surface area contributed by atoms with Gasteiger partial charge in [-0.25, -0.2) is 0 Å². The van der Waals surface area contributed by atoms with Crippen molar-refractivity contribution in [3.8, 4) is 11.3 Å². The van der Waals surface area contributed by atoms with Gasteiger partial charge >= 0.3 is 0 Å². The van der Waals surface area contributed by atoms with Gasteiger partial charge < -0.3 is 14.7 Å². The fourth-order valence-electron chi connectivity index (χ4n) is 2.73. The van der Waals surface area contributed by atoms with E-state index in [0.717, 1.165) is 10.4 Å². The number of aromatic nitrogens is 1. The lowest BCUT2D eigenvalue weighted by Crippen LogP contribution is -2.40. The number of aryl methyl sites for hydroxylation is 1. The monoisotopic (exact) mass is 383 g/mol. The number of carbonyl (C=O) groups is 2. The zero-order valence-corrected chi connectivity index (χ0v) is 16.1. The van der Waals surface area contributed by atoms with E-state index in [-0.39, 0.29) is 18.4 Å². The van der Waals surface area contributed by atoms with Crippen LogP contribution in [0.3, 0.4) is 0 Å². The van der Waals surface area contributed by atoms with Crippen LogP contribution in [0.15, 0.2) is 52.4 Å². The van der Waals surface area contributed by atoms with Gasteiger partial charge in [0.1, 0.15) is 17.0 Å². The van der Waals surface area contributed by atoms with Gasteiger partial charge in [0.05, 0.1) is 13.1 Å². The summed E-state index contributed by atoms with van der Waals surface area (Å²) in [6, 6.07) is 13.3. The molecule has 0 aliphatic rings. The molecule has 2 aromatic heterocycles. The second-order valence-corrected chi connectivity index (χ2v) is 7.04. The molecule has 27 heavy (non-hydrogen) atoms. The Hall–Kier alpha value is -2.93. The smallest absolute Gasteiger partial charge is 0.260 e. The van der Waals surface area contributed by atoms with E-state index in [9.17, 15) is 9.59 Å². The first-order valence-electron chi connectivity index (χ1n) is 8.70. The van der Waals surface area contributed by atoms with Gasteiger partial charge in [0.2, 0.25) is 5.91 Å².